The van der Waals surface area contributed by atoms with E-state index < -0.39 is 27.8 Å². The summed E-state index contributed by atoms with van der Waals surface area (Å²) >= 11 is 5.81. The van der Waals surface area contributed by atoms with Gasteiger partial charge < -0.3 is 10.5 Å². The highest BCUT2D eigenvalue weighted by Gasteiger charge is 2.30. The van der Waals surface area contributed by atoms with E-state index in [-0.39, 0.29) is 23.0 Å². The minimum absolute atomic E-state index is 0.102. The zero-order valence-electron chi connectivity index (χ0n) is 17.8. The maximum Gasteiger partial charge on any atom is 0.261 e. The van der Waals surface area contributed by atoms with Gasteiger partial charge in [0, 0.05) is 5.02 Å². The summed E-state index contributed by atoms with van der Waals surface area (Å²) in [7, 11) is -4.25. The van der Waals surface area contributed by atoms with Crippen LogP contribution < -0.4 is 20.7 Å². The van der Waals surface area contributed by atoms with Gasteiger partial charge in [0.1, 0.15) is 11.8 Å². The Morgan fingerprint density at radius 2 is 1.79 bits per heavy atom. The maximum absolute atomic E-state index is 14.6. The largest absolute Gasteiger partial charge is 0.454 e. The number of hydrogen-bond donors (Lipinski definition) is 4. The molecule has 1 fully saturated rings. The number of benzene rings is 2. The first-order chi connectivity index (χ1) is 15.7. The van der Waals surface area contributed by atoms with Gasteiger partial charge in [-0.3, -0.25) is 10.0 Å². The lowest BCUT2D eigenvalue weighted by Crippen LogP contribution is -2.47. The van der Waals surface area contributed by atoms with Gasteiger partial charge in [0.05, 0.1) is 4.90 Å². The van der Waals surface area contributed by atoms with Crippen LogP contribution in [0.3, 0.4) is 0 Å². The Morgan fingerprint density at radius 1 is 1.15 bits per heavy atom. The topological polar surface area (TPSA) is 131 Å². The molecule has 8 nitrogen and oxygen atoms in total. The van der Waals surface area contributed by atoms with Crippen LogP contribution in [-0.2, 0) is 14.8 Å². The molecular weight excluding hydrogens is 473 g/mol. The van der Waals surface area contributed by atoms with Crippen LogP contribution in [0.4, 0.5) is 4.39 Å². The lowest BCUT2D eigenvalue weighted by molar-refractivity contribution is -0.131. The monoisotopic (exact) mass is 499 g/mol. The van der Waals surface area contributed by atoms with E-state index in [9.17, 15) is 17.6 Å². The summed E-state index contributed by atoms with van der Waals surface area (Å²) in [4.78, 5) is 11.8. The molecule has 1 amide bonds. The van der Waals surface area contributed by atoms with Gasteiger partial charge in [0.15, 0.2) is 11.6 Å². The van der Waals surface area contributed by atoms with E-state index in [1.165, 1.54) is 17.6 Å². The van der Waals surface area contributed by atoms with Crippen molar-refractivity contribution in [2.75, 3.05) is 6.54 Å². The van der Waals surface area contributed by atoms with Crippen LogP contribution in [-0.4, -0.2) is 32.1 Å². The number of carbonyl (C=O) groups is 1. The van der Waals surface area contributed by atoms with Crippen molar-refractivity contribution in [3.05, 3.63) is 53.3 Å². The molecule has 1 atom stereocenters. The van der Waals surface area contributed by atoms with Crippen molar-refractivity contribution in [1.29, 1.82) is 0 Å². The third-order valence-electron chi connectivity index (χ3n) is 5.85. The van der Waals surface area contributed by atoms with Crippen molar-refractivity contribution in [3.8, 4) is 11.5 Å². The number of halogens is 2. The zero-order valence-corrected chi connectivity index (χ0v) is 19.4. The number of hydrogen-bond acceptors (Lipinski definition) is 6. The van der Waals surface area contributed by atoms with Crippen LogP contribution >= 0.6 is 11.6 Å². The van der Waals surface area contributed by atoms with Crippen molar-refractivity contribution in [1.82, 2.24) is 10.2 Å². The summed E-state index contributed by atoms with van der Waals surface area (Å²) in [5.41, 5.74) is 7.22. The second kappa shape index (κ2) is 11.3. The van der Waals surface area contributed by atoms with Crippen molar-refractivity contribution >= 4 is 27.5 Å². The number of rotatable bonds is 9. The van der Waals surface area contributed by atoms with Gasteiger partial charge in [-0.15, -0.1) is 0 Å². The Hall–Kier alpha value is -2.24. The zero-order chi connectivity index (χ0) is 24.0. The van der Waals surface area contributed by atoms with Crippen molar-refractivity contribution in [2.45, 2.75) is 43.0 Å². The average Bonchev–Trinajstić information content (AvgIpc) is 2.81. The molecule has 2 aromatic carbocycles. The van der Waals surface area contributed by atoms with E-state index in [1.807, 2.05) is 0 Å². The number of amides is 1. The summed E-state index contributed by atoms with van der Waals surface area (Å²) in [5.74, 6) is -1.07. The van der Waals surface area contributed by atoms with Crippen molar-refractivity contribution in [2.24, 2.45) is 17.6 Å². The number of nitrogens with one attached hydrogen (secondary N) is 2. The minimum Gasteiger partial charge on any atom is -0.454 e. The predicted octanol–water partition coefficient (Wildman–Crippen LogP) is 3.58. The van der Waals surface area contributed by atoms with Crippen LogP contribution in [0, 0.1) is 17.7 Å². The molecular formula is C22H27ClFN3O5S. The molecule has 33 heavy (non-hydrogen) atoms. The molecule has 3 rings (SSSR count). The van der Waals surface area contributed by atoms with E-state index in [4.69, 9.17) is 27.3 Å². The normalized spacial score (nSPS) is 19.6. The molecule has 1 aliphatic rings. The second-order valence-corrected chi connectivity index (χ2v) is 10.3. The minimum atomic E-state index is -4.25. The van der Waals surface area contributed by atoms with E-state index in [1.54, 1.807) is 24.3 Å². The van der Waals surface area contributed by atoms with Gasteiger partial charge in [-0.25, -0.2) is 18.3 Å². The molecule has 0 radical (unpaired) electrons. The Bertz CT molecular complexity index is 1060. The quantitative estimate of drug-likeness (QED) is 0.308. The van der Waals surface area contributed by atoms with Crippen molar-refractivity contribution in [3.63, 3.8) is 0 Å². The van der Waals surface area contributed by atoms with Gasteiger partial charge in [-0.2, -0.15) is 4.72 Å². The van der Waals surface area contributed by atoms with E-state index >= 15 is 0 Å². The first-order valence-electron chi connectivity index (χ1n) is 10.6. The van der Waals surface area contributed by atoms with E-state index in [0.29, 0.717) is 23.2 Å². The van der Waals surface area contributed by atoms with Gasteiger partial charge in [0.25, 0.3) is 5.91 Å². The van der Waals surface area contributed by atoms with E-state index in [2.05, 4.69) is 4.72 Å². The summed E-state index contributed by atoms with van der Waals surface area (Å²) in [6.45, 7) is 0.600. The van der Waals surface area contributed by atoms with Crippen LogP contribution in [0.2, 0.25) is 5.02 Å². The number of hydroxylamine groups is 1. The molecule has 5 N–H and O–H groups in total. The standard InChI is InChI=1S/C22H27ClFN3O5S/c23-16-5-7-17(8-6-16)32-21-10-9-18(12-19(21)24)33(30,31)27-20(22(28)26-29)11-14-1-3-15(13-25)4-2-14/h5-10,12,14-15,20,27,29H,1-4,11,13,25H2,(H,26,28). The Morgan fingerprint density at radius 3 is 2.36 bits per heavy atom. The Labute approximate surface area is 197 Å². The molecule has 1 aliphatic carbocycles. The third-order valence-corrected chi connectivity index (χ3v) is 7.57. The molecule has 180 valence electrons. The highest BCUT2D eigenvalue weighted by atomic mass is 35.5. The molecule has 2 aromatic rings. The summed E-state index contributed by atoms with van der Waals surface area (Å²) in [5, 5.41) is 9.57. The molecule has 0 spiro atoms. The SMILES string of the molecule is NCC1CCC(CC(NS(=O)(=O)c2ccc(Oc3ccc(Cl)cc3)c(F)c2)C(=O)NO)CC1. The van der Waals surface area contributed by atoms with Gasteiger partial charge in [0.2, 0.25) is 10.0 Å². The number of nitrogens with two attached hydrogens (primary N) is 1. The molecule has 0 aromatic heterocycles. The second-order valence-electron chi connectivity index (χ2n) is 8.16. The van der Waals surface area contributed by atoms with Crippen LogP contribution in [0.1, 0.15) is 32.1 Å². The molecule has 0 saturated heterocycles. The Balaban J connectivity index is 1.71. The van der Waals surface area contributed by atoms with Gasteiger partial charge in [-0.05, 0) is 80.1 Å². The van der Waals surface area contributed by atoms with Gasteiger partial charge >= 0.3 is 0 Å². The number of sulfonamides is 1. The highest BCUT2D eigenvalue weighted by Crippen LogP contribution is 2.32. The van der Waals surface area contributed by atoms with Gasteiger partial charge in [-0.1, -0.05) is 24.4 Å². The first kappa shape index (κ1) is 25.4. The fraction of sp³-hybridized carbons (Fsp3) is 0.409. The van der Waals surface area contributed by atoms with Crippen LogP contribution in [0.15, 0.2) is 47.4 Å². The van der Waals surface area contributed by atoms with E-state index in [0.717, 1.165) is 31.7 Å². The molecule has 1 unspecified atom stereocenters. The summed E-state index contributed by atoms with van der Waals surface area (Å²) in [6.07, 6.45) is 3.64. The molecule has 0 aliphatic heterocycles. The summed E-state index contributed by atoms with van der Waals surface area (Å²) in [6, 6.07) is 8.23. The third kappa shape index (κ3) is 6.87. The predicted molar refractivity (Wildman–Crippen MR) is 121 cm³/mol. The van der Waals surface area contributed by atoms with Crippen LogP contribution in [0.5, 0.6) is 11.5 Å². The highest BCUT2D eigenvalue weighted by molar-refractivity contribution is 7.89. The fourth-order valence-electron chi connectivity index (χ4n) is 3.94. The maximum atomic E-state index is 14.6. The Kier molecular flexibility index (Phi) is 8.66. The average molecular weight is 500 g/mol. The molecule has 0 bridgehead atoms. The van der Waals surface area contributed by atoms with Crippen molar-refractivity contribution < 1.29 is 27.5 Å². The molecule has 11 heteroatoms. The van der Waals surface area contributed by atoms with Crippen LogP contribution in [0.25, 0.3) is 0 Å². The fourth-order valence-corrected chi connectivity index (χ4v) is 5.28. The number of carbonyl (C=O) groups excluding carboxylic acids is 1. The molecule has 0 heterocycles. The lowest BCUT2D eigenvalue weighted by Gasteiger charge is -2.30. The lowest BCUT2D eigenvalue weighted by atomic mass is 9.79. The summed E-state index contributed by atoms with van der Waals surface area (Å²) < 4.78 is 48.0. The first-order valence-corrected chi connectivity index (χ1v) is 12.5. The number of ether oxygens (including phenoxy) is 1. The molecule has 1 saturated carbocycles. The smallest absolute Gasteiger partial charge is 0.261 e.